The highest BCUT2D eigenvalue weighted by Crippen LogP contribution is 2.24. The van der Waals surface area contributed by atoms with E-state index >= 15 is 0 Å². The van der Waals surface area contributed by atoms with Crippen molar-refractivity contribution in [1.29, 1.82) is 0 Å². The van der Waals surface area contributed by atoms with Gasteiger partial charge >= 0.3 is 10.1 Å². The molecule has 0 saturated carbocycles. The lowest BCUT2D eigenvalue weighted by atomic mass is 10.2. The van der Waals surface area contributed by atoms with Crippen LogP contribution in [0.2, 0.25) is 0 Å². The van der Waals surface area contributed by atoms with Crippen molar-refractivity contribution < 1.29 is 22.1 Å². The van der Waals surface area contributed by atoms with E-state index < -0.39 is 10.1 Å². The van der Waals surface area contributed by atoms with Crippen LogP contribution in [0.3, 0.4) is 0 Å². The summed E-state index contributed by atoms with van der Waals surface area (Å²) in [4.78, 5) is 15.4. The second-order valence-electron chi connectivity index (χ2n) is 6.20. The number of nitrogens with zero attached hydrogens (tertiary/aromatic N) is 2. The highest BCUT2D eigenvalue weighted by atomic mass is 32.2. The topological polar surface area (TPSA) is 76.2 Å². The third-order valence-corrected chi connectivity index (χ3v) is 5.74. The normalized spacial score (nSPS) is 14.7. The summed E-state index contributed by atoms with van der Waals surface area (Å²) in [5.74, 6) is 0.905. The van der Waals surface area contributed by atoms with Crippen LogP contribution < -0.4 is 13.8 Å². The predicted molar refractivity (Wildman–Crippen MR) is 102 cm³/mol. The lowest BCUT2D eigenvalue weighted by molar-refractivity contribution is -0.129. The zero-order valence-electron chi connectivity index (χ0n) is 15.3. The number of rotatable bonds is 5. The molecule has 144 valence electrons. The predicted octanol–water partition coefficient (Wildman–Crippen LogP) is 2.13. The third kappa shape index (κ3) is 4.51. The number of piperazine rings is 1. The highest BCUT2D eigenvalue weighted by Gasteiger charge is 2.20. The zero-order valence-corrected chi connectivity index (χ0v) is 16.1. The van der Waals surface area contributed by atoms with E-state index in [1.54, 1.807) is 31.2 Å². The van der Waals surface area contributed by atoms with Crippen molar-refractivity contribution in [3.63, 3.8) is 0 Å². The van der Waals surface area contributed by atoms with Gasteiger partial charge in [-0.2, -0.15) is 8.42 Å². The lowest BCUT2D eigenvalue weighted by Gasteiger charge is -2.35. The minimum Gasteiger partial charge on any atom is -0.497 e. The van der Waals surface area contributed by atoms with Gasteiger partial charge in [0.15, 0.2) is 0 Å². The van der Waals surface area contributed by atoms with E-state index in [9.17, 15) is 13.2 Å². The molecule has 2 aromatic carbocycles. The molecule has 0 aliphatic carbocycles. The average Bonchev–Trinajstić information content (AvgIpc) is 2.68. The average molecular weight is 390 g/mol. The maximum Gasteiger partial charge on any atom is 0.339 e. The number of methoxy groups -OCH3 is 1. The standard InChI is InChI=1S/C19H22N2O5S/c1-15(22)20-11-13-21(14-12-20)16-3-5-18(6-4-16)26-27(23,24)19-9-7-17(25-2)8-10-19/h3-10H,11-14H2,1-2H3. The van der Waals surface area contributed by atoms with Gasteiger partial charge in [-0.05, 0) is 48.5 Å². The highest BCUT2D eigenvalue weighted by molar-refractivity contribution is 7.87. The van der Waals surface area contributed by atoms with Gasteiger partial charge in [-0.25, -0.2) is 0 Å². The molecule has 1 amide bonds. The van der Waals surface area contributed by atoms with Crippen LogP contribution in [0.5, 0.6) is 11.5 Å². The first-order valence-corrected chi connectivity index (χ1v) is 9.99. The maximum atomic E-state index is 12.4. The Morgan fingerprint density at radius 3 is 1.96 bits per heavy atom. The molecule has 1 heterocycles. The molecule has 1 fully saturated rings. The summed E-state index contributed by atoms with van der Waals surface area (Å²) in [7, 11) is -2.39. The molecule has 8 heteroatoms. The quantitative estimate of drug-likeness (QED) is 0.728. The van der Waals surface area contributed by atoms with Gasteiger partial charge in [0, 0.05) is 38.8 Å². The Bertz CT molecular complexity index is 887. The van der Waals surface area contributed by atoms with E-state index in [-0.39, 0.29) is 16.6 Å². The smallest absolute Gasteiger partial charge is 0.339 e. The van der Waals surface area contributed by atoms with Crippen LogP contribution in [-0.2, 0) is 14.9 Å². The van der Waals surface area contributed by atoms with Gasteiger partial charge < -0.3 is 18.7 Å². The summed E-state index contributed by atoms with van der Waals surface area (Å²) in [6.45, 7) is 4.41. The van der Waals surface area contributed by atoms with E-state index in [1.165, 1.54) is 19.2 Å². The van der Waals surface area contributed by atoms with Crippen molar-refractivity contribution in [2.24, 2.45) is 0 Å². The fourth-order valence-electron chi connectivity index (χ4n) is 2.91. The summed E-state index contributed by atoms with van der Waals surface area (Å²) in [5.41, 5.74) is 0.965. The number of ether oxygens (including phenoxy) is 1. The van der Waals surface area contributed by atoms with Crippen molar-refractivity contribution in [3.05, 3.63) is 48.5 Å². The molecule has 1 aliphatic heterocycles. The van der Waals surface area contributed by atoms with Crippen LogP contribution in [0.15, 0.2) is 53.4 Å². The molecule has 0 aromatic heterocycles. The molecular formula is C19H22N2O5S. The van der Waals surface area contributed by atoms with Crippen LogP contribution in [0, 0.1) is 0 Å². The summed E-state index contributed by atoms with van der Waals surface area (Å²) < 4.78 is 35.0. The fourth-order valence-corrected chi connectivity index (χ4v) is 3.84. The van der Waals surface area contributed by atoms with Crippen LogP contribution in [-0.4, -0.2) is 52.5 Å². The molecule has 1 saturated heterocycles. The summed E-state index contributed by atoms with van der Waals surface area (Å²) >= 11 is 0. The number of anilines is 1. The number of hydrogen-bond donors (Lipinski definition) is 0. The number of benzene rings is 2. The molecule has 0 spiro atoms. The van der Waals surface area contributed by atoms with Crippen LogP contribution in [0.25, 0.3) is 0 Å². The summed E-state index contributed by atoms with van der Waals surface area (Å²) in [6.07, 6.45) is 0. The minimum atomic E-state index is -3.91. The molecule has 0 N–H and O–H groups in total. The molecule has 7 nitrogen and oxygen atoms in total. The molecule has 2 aromatic rings. The molecule has 0 atom stereocenters. The number of hydrogen-bond acceptors (Lipinski definition) is 6. The largest absolute Gasteiger partial charge is 0.497 e. The van der Waals surface area contributed by atoms with E-state index in [0.717, 1.165) is 18.8 Å². The third-order valence-electron chi connectivity index (χ3n) is 4.48. The fraction of sp³-hybridized carbons (Fsp3) is 0.316. The van der Waals surface area contributed by atoms with Crippen LogP contribution in [0.4, 0.5) is 5.69 Å². The summed E-state index contributed by atoms with van der Waals surface area (Å²) in [5, 5.41) is 0. The van der Waals surface area contributed by atoms with E-state index in [0.29, 0.717) is 18.8 Å². The van der Waals surface area contributed by atoms with Crippen molar-refractivity contribution in [2.45, 2.75) is 11.8 Å². The van der Waals surface area contributed by atoms with E-state index in [1.807, 2.05) is 17.0 Å². The van der Waals surface area contributed by atoms with Crippen LogP contribution in [0.1, 0.15) is 6.92 Å². The van der Waals surface area contributed by atoms with Crippen molar-refractivity contribution in [2.75, 3.05) is 38.2 Å². The van der Waals surface area contributed by atoms with E-state index in [2.05, 4.69) is 4.90 Å². The number of carbonyl (C=O) groups is 1. The van der Waals surface area contributed by atoms with E-state index in [4.69, 9.17) is 8.92 Å². The number of amides is 1. The first-order chi connectivity index (χ1) is 12.9. The Hall–Kier alpha value is -2.74. The molecule has 27 heavy (non-hydrogen) atoms. The molecule has 0 unspecified atom stereocenters. The Labute approximate surface area is 159 Å². The lowest BCUT2D eigenvalue weighted by Crippen LogP contribution is -2.48. The van der Waals surface area contributed by atoms with Gasteiger partial charge in [-0.15, -0.1) is 0 Å². The Kier molecular flexibility index (Phi) is 5.55. The second-order valence-corrected chi connectivity index (χ2v) is 7.75. The van der Waals surface area contributed by atoms with Gasteiger partial charge in [0.25, 0.3) is 0 Å². The molecule has 0 bridgehead atoms. The minimum absolute atomic E-state index is 0.0627. The van der Waals surface area contributed by atoms with Crippen molar-refractivity contribution in [1.82, 2.24) is 4.90 Å². The van der Waals surface area contributed by atoms with Gasteiger partial charge in [0.2, 0.25) is 5.91 Å². The first kappa shape index (κ1) is 19.0. The van der Waals surface area contributed by atoms with Gasteiger partial charge in [-0.1, -0.05) is 0 Å². The van der Waals surface area contributed by atoms with Gasteiger partial charge in [0.1, 0.15) is 16.4 Å². The molecule has 1 aliphatic rings. The van der Waals surface area contributed by atoms with Crippen LogP contribution >= 0.6 is 0 Å². The Morgan fingerprint density at radius 1 is 0.889 bits per heavy atom. The monoisotopic (exact) mass is 390 g/mol. The molecule has 0 radical (unpaired) electrons. The maximum absolute atomic E-state index is 12.4. The van der Waals surface area contributed by atoms with Crippen molar-refractivity contribution >= 4 is 21.7 Å². The Morgan fingerprint density at radius 2 is 1.44 bits per heavy atom. The zero-order chi connectivity index (χ0) is 19.4. The molecule has 3 rings (SSSR count). The van der Waals surface area contributed by atoms with Gasteiger partial charge in [0.05, 0.1) is 7.11 Å². The second kappa shape index (κ2) is 7.87. The number of carbonyl (C=O) groups excluding carboxylic acids is 1. The summed E-state index contributed by atoms with van der Waals surface area (Å²) in [6, 6.07) is 12.9. The molecular weight excluding hydrogens is 368 g/mol. The van der Waals surface area contributed by atoms with Crippen molar-refractivity contribution in [3.8, 4) is 11.5 Å². The van der Waals surface area contributed by atoms with Gasteiger partial charge in [-0.3, -0.25) is 4.79 Å². The Balaban J connectivity index is 1.66. The first-order valence-electron chi connectivity index (χ1n) is 8.58. The SMILES string of the molecule is COc1ccc(S(=O)(=O)Oc2ccc(N3CCN(C(C)=O)CC3)cc2)cc1.